The maximum Gasteiger partial charge on any atom is 0.274 e. The number of aromatic nitrogens is 3. The molecule has 2 aliphatic rings. The number of carbonyl (C=O) groups is 1. The van der Waals surface area contributed by atoms with Gasteiger partial charge in [-0.3, -0.25) is 4.79 Å². The van der Waals surface area contributed by atoms with Gasteiger partial charge < -0.3 is 14.8 Å². The fraction of sp³-hybridized carbons (Fsp3) is 0.318. The van der Waals surface area contributed by atoms with Crippen LogP contribution in [-0.2, 0) is 6.54 Å². The number of fused-ring (bicyclic) bond motifs is 1. The first kappa shape index (κ1) is 18.9. The molecule has 154 valence electrons. The summed E-state index contributed by atoms with van der Waals surface area (Å²) in [5, 5.41) is 11.9. The molecule has 0 spiro atoms. The molecule has 1 amide bonds. The van der Waals surface area contributed by atoms with Crippen molar-refractivity contribution in [3.8, 4) is 17.2 Å². The quantitative estimate of drug-likeness (QED) is 0.673. The first-order chi connectivity index (χ1) is 14.6. The lowest BCUT2D eigenvalue weighted by Crippen LogP contribution is -2.25. The summed E-state index contributed by atoms with van der Waals surface area (Å²) in [5.74, 6) is 1.21. The van der Waals surface area contributed by atoms with Crippen LogP contribution in [0.15, 0.2) is 36.4 Å². The van der Waals surface area contributed by atoms with E-state index in [1.54, 1.807) is 10.7 Å². The molecule has 3 aromatic rings. The number of aryl methyl sites for hydroxylation is 1. The van der Waals surface area contributed by atoms with Crippen LogP contribution in [0, 0.1) is 6.92 Å². The summed E-state index contributed by atoms with van der Waals surface area (Å²) < 4.78 is 12.9. The third-order valence-corrected chi connectivity index (χ3v) is 5.55. The van der Waals surface area contributed by atoms with Crippen molar-refractivity contribution >= 4 is 17.5 Å². The van der Waals surface area contributed by atoms with Crippen LogP contribution in [-0.4, -0.2) is 34.1 Å². The number of halogens is 1. The largest absolute Gasteiger partial charge is 0.486 e. The second-order valence-electron chi connectivity index (χ2n) is 7.63. The number of hydrogen-bond acceptors (Lipinski definition) is 5. The molecule has 0 radical (unpaired) electrons. The lowest BCUT2D eigenvalue weighted by molar-refractivity contribution is 0.0944. The summed E-state index contributed by atoms with van der Waals surface area (Å²) >= 11 is 6.29. The molecule has 0 saturated heterocycles. The van der Waals surface area contributed by atoms with Gasteiger partial charge in [0.25, 0.3) is 5.91 Å². The molecular formula is C22H21ClN4O3. The predicted octanol–water partition coefficient (Wildman–Crippen LogP) is 3.81. The summed E-state index contributed by atoms with van der Waals surface area (Å²) in [7, 11) is 0. The molecule has 2 aromatic carbocycles. The molecule has 1 aliphatic heterocycles. The fourth-order valence-corrected chi connectivity index (χ4v) is 3.87. The SMILES string of the molecule is Cc1ccc(-n2nnc(C(=O)NCc3cc(Cl)c4c(c3)OCCO4)c2C2CC2)cc1. The molecule has 1 aromatic heterocycles. The van der Waals surface area contributed by atoms with Gasteiger partial charge in [-0.25, -0.2) is 4.68 Å². The zero-order valence-electron chi connectivity index (χ0n) is 16.5. The molecule has 1 saturated carbocycles. The summed E-state index contributed by atoms with van der Waals surface area (Å²) in [6, 6.07) is 11.7. The maximum atomic E-state index is 12.9. The Morgan fingerprint density at radius 3 is 2.73 bits per heavy atom. The minimum Gasteiger partial charge on any atom is -0.486 e. The van der Waals surface area contributed by atoms with Gasteiger partial charge in [0, 0.05) is 12.5 Å². The van der Waals surface area contributed by atoms with Crippen LogP contribution < -0.4 is 14.8 Å². The van der Waals surface area contributed by atoms with Crippen LogP contribution in [0.25, 0.3) is 5.69 Å². The highest BCUT2D eigenvalue weighted by molar-refractivity contribution is 6.32. The van der Waals surface area contributed by atoms with Crippen molar-refractivity contribution in [1.29, 1.82) is 0 Å². The van der Waals surface area contributed by atoms with Gasteiger partial charge in [-0.1, -0.05) is 34.5 Å². The van der Waals surface area contributed by atoms with Gasteiger partial charge in [-0.2, -0.15) is 0 Å². The number of hydrogen-bond donors (Lipinski definition) is 1. The first-order valence-electron chi connectivity index (χ1n) is 9.99. The Labute approximate surface area is 178 Å². The summed E-state index contributed by atoms with van der Waals surface area (Å²) in [6.45, 7) is 3.29. The van der Waals surface area contributed by atoms with Crippen molar-refractivity contribution in [3.63, 3.8) is 0 Å². The number of carbonyl (C=O) groups excluding carboxylic acids is 1. The van der Waals surface area contributed by atoms with Gasteiger partial charge in [0.05, 0.1) is 16.4 Å². The van der Waals surface area contributed by atoms with E-state index in [4.69, 9.17) is 21.1 Å². The van der Waals surface area contributed by atoms with Gasteiger partial charge in [0.15, 0.2) is 17.2 Å². The van der Waals surface area contributed by atoms with E-state index in [9.17, 15) is 4.79 Å². The van der Waals surface area contributed by atoms with E-state index in [0.29, 0.717) is 47.9 Å². The Hall–Kier alpha value is -3.06. The van der Waals surface area contributed by atoms with E-state index in [-0.39, 0.29) is 5.91 Å². The van der Waals surface area contributed by atoms with Crippen molar-refractivity contribution in [2.75, 3.05) is 13.2 Å². The lowest BCUT2D eigenvalue weighted by atomic mass is 10.1. The highest BCUT2D eigenvalue weighted by atomic mass is 35.5. The third kappa shape index (κ3) is 3.61. The highest BCUT2D eigenvalue weighted by Crippen LogP contribution is 2.42. The van der Waals surface area contributed by atoms with E-state index in [1.165, 1.54) is 5.56 Å². The van der Waals surface area contributed by atoms with Gasteiger partial charge in [-0.15, -0.1) is 5.10 Å². The summed E-state index contributed by atoms with van der Waals surface area (Å²) in [5.41, 5.74) is 4.16. The first-order valence-corrected chi connectivity index (χ1v) is 10.4. The smallest absolute Gasteiger partial charge is 0.274 e. The maximum absolute atomic E-state index is 12.9. The van der Waals surface area contributed by atoms with Gasteiger partial charge in [-0.05, 0) is 49.6 Å². The van der Waals surface area contributed by atoms with Crippen molar-refractivity contribution in [2.24, 2.45) is 0 Å². The standard InChI is InChI=1S/C22H21ClN4O3/c1-13-2-6-16(7-3-13)27-20(15-4-5-15)19(25-26-27)22(28)24-12-14-10-17(23)21-18(11-14)29-8-9-30-21/h2-3,6-7,10-11,15H,4-5,8-9,12H2,1H3,(H,24,28). The predicted molar refractivity (Wildman–Crippen MR) is 112 cm³/mol. The Morgan fingerprint density at radius 2 is 1.97 bits per heavy atom. The lowest BCUT2D eigenvalue weighted by Gasteiger charge is -2.20. The molecule has 5 rings (SSSR count). The van der Waals surface area contributed by atoms with E-state index in [0.717, 1.165) is 29.8 Å². The van der Waals surface area contributed by atoms with Crippen LogP contribution in [0.2, 0.25) is 5.02 Å². The van der Waals surface area contributed by atoms with Crippen LogP contribution >= 0.6 is 11.6 Å². The van der Waals surface area contributed by atoms with Gasteiger partial charge in [0.1, 0.15) is 13.2 Å². The van der Waals surface area contributed by atoms with E-state index in [1.807, 2.05) is 37.3 Å². The molecule has 7 nitrogen and oxygen atoms in total. The molecule has 8 heteroatoms. The Balaban J connectivity index is 1.37. The number of benzene rings is 2. The molecule has 30 heavy (non-hydrogen) atoms. The fourth-order valence-electron chi connectivity index (χ4n) is 3.58. The molecule has 1 fully saturated rings. The number of ether oxygens (including phenoxy) is 2. The van der Waals surface area contributed by atoms with Gasteiger partial charge in [0.2, 0.25) is 0 Å². The number of nitrogens with zero attached hydrogens (tertiary/aromatic N) is 3. The molecular weight excluding hydrogens is 404 g/mol. The van der Waals surface area contributed by atoms with Crippen molar-refractivity contribution in [1.82, 2.24) is 20.3 Å². The average Bonchev–Trinajstić information content (AvgIpc) is 3.50. The van der Waals surface area contributed by atoms with Crippen molar-refractivity contribution in [2.45, 2.75) is 32.2 Å². The summed E-state index contributed by atoms with van der Waals surface area (Å²) in [6.07, 6.45) is 2.08. The van der Waals surface area contributed by atoms with E-state index >= 15 is 0 Å². The van der Waals surface area contributed by atoms with E-state index < -0.39 is 0 Å². The van der Waals surface area contributed by atoms with Crippen LogP contribution in [0.3, 0.4) is 0 Å². The molecule has 1 N–H and O–H groups in total. The molecule has 2 heterocycles. The van der Waals surface area contributed by atoms with Crippen LogP contribution in [0.4, 0.5) is 0 Å². The van der Waals surface area contributed by atoms with Crippen molar-refractivity contribution < 1.29 is 14.3 Å². The van der Waals surface area contributed by atoms with E-state index in [2.05, 4.69) is 15.6 Å². The second-order valence-corrected chi connectivity index (χ2v) is 8.04. The van der Waals surface area contributed by atoms with Crippen molar-refractivity contribution in [3.05, 3.63) is 63.9 Å². The Bertz CT molecular complexity index is 1110. The molecule has 1 aliphatic carbocycles. The van der Waals surface area contributed by atoms with Gasteiger partial charge >= 0.3 is 0 Å². The van der Waals surface area contributed by atoms with Crippen LogP contribution in [0.1, 0.15) is 46.1 Å². The highest BCUT2D eigenvalue weighted by Gasteiger charge is 2.34. The third-order valence-electron chi connectivity index (χ3n) is 5.27. The zero-order chi connectivity index (χ0) is 20.7. The Morgan fingerprint density at radius 1 is 1.20 bits per heavy atom. The minimum atomic E-state index is -0.249. The normalized spacial score (nSPS) is 15.1. The Kier molecular flexibility index (Phi) is 4.83. The molecule has 0 atom stereocenters. The number of amides is 1. The minimum absolute atomic E-state index is 0.249. The topological polar surface area (TPSA) is 78.3 Å². The zero-order valence-corrected chi connectivity index (χ0v) is 17.3. The second kappa shape index (κ2) is 7.65. The molecule has 0 unspecified atom stereocenters. The average molecular weight is 425 g/mol. The van der Waals surface area contributed by atoms with Crippen LogP contribution in [0.5, 0.6) is 11.5 Å². The monoisotopic (exact) mass is 424 g/mol. The number of nitrogens with one attached hydrogen (secondary N) is 1. The number of rotatable bonds is 5. The summed E-state index contributed by atoms with van der Waals surface area (Å²) in [4.78, 5) is 12.9. The molecule has 0 bridgehead atoms.